The molecular weight excluding hydrogens is 178 g/mol. The topological polar surface area (TPSA) is 46.2 Å². The molecule has 0 atom stereocenters. The predicted octanol–water partition coefficient (Wildman–Crippen LogP) is 1.74. The Balaban J connectivity index is 2.85. The van der Waals surface area contributed by atoms with E-state index in [1.165, 1.54) is 0 Å². The molecule has 1 radical (unpaired) electrons. The fourth-order valence-corrected chi connectivity index (χ4v) is 0.958. The monoisotopic (exact) mass is 190 g/mol. The molecule has 0 unspecified atom stereocenters. The highest BCUT2D eigenvalue weighted by Gasteiger charge is 2.09. The third-order valence-corrected chi connectivity index (χ3v) is 1.82. The summed E-state index contributed by atoms with van der Waals surface area (Å²) < 4.78 is 0. The molecule has 1 N–H and O–H groups in total. The zero-order valence-corrected chi connectivity index (χ0v) is 8.20. The van der Waals surface area contributed by atoms with Gasteiger partial charge < -0.3 is 5.32 Å². The van der Waals surface area contributed by atoms with Crippen LogP contribution in [0.1, 0.15) is 19.4 Å². The summed E-state index contributed by atoms with van der Waals surface area (Å²) in [7, 11) is 0. The Morgan fingerprint density at radius 2 is 2.00 bits per heavy atom. The van der Waals surface area contributed by atoms with Gasteiger partial charge in [0, 0.05) is 11.5 Å². The molecule has 0 heterocycles. The molecule has 3 heteroatoms. The van der Waals surface area contributed by atoms with Crippen molar-refractivity contribution in [1.29, 1.82) is 0 Å². The maximum atomic E-state index is 11.3. The van der Waals surface area contributed by atoms with Crippen LogP contribution < -0.4 is 5.32 Å². The van der Waals surface area contributed by atoms with Crippen LogP contribution in [0.4, 0.5) is 5.69 Å². The van der Waals surface area contributed by atoms with E-state index < -0.39 is 0 Å². The maximum absolute atomic E-state index is 11.3. The Bertz CT molecular complexity index is 345. The Morgan fingerprint density at radius 1 is 1.36 bits per heavy atom. The van der Waals surface area contributed by atoms with Crippen LogP contribution in [0.3, 0.4) is 0 Å². The van der Waals surface area contributed by atoms with Gasteiger partial charge in [0.1, 0.15) is 0 Å². The SMILES string of the molecule is CC(C)C(=O)Nc1ccccc1[C]=O. The highest BCUT2D eigenvalue weighted by molar-refractivity contribution is 5.97. The number of rotatable bonds is 3. The quantitative estimate of drug-likeness (QED) is 0.789. The summed E-state index contributed by atoms with van der Waals surface area (Å²) in [6.45, 7) is 3.59. The minimum absolute atomic E-state index is 0.102. The van der Waals surface area contributed by atoms with Crippen molar-refractivity contribution >= 4 is 17.9 Å². The highest BCUT2D eigenvalue weighted by Crippen LogP contribution is 2.13. The summed E-state index contributed by atoms with van der Waals surface area (Å²) in [5.41, 5.74) is 0.891. The summed E-state index contributed by atoms with van der Waals surface area (Å²) >= 11 is 0. The first-order valence-corrected chi connectivity index (χ1v) is 4.43. The van der Waals surface area contributed by atoms with E-state index in [1.54, 1.807) is 44.4 Å². The van der Waals surface area contributed by atoms with Crippen molar-refractivity contribution in [2.75, 3.05) is 5.32 Å². The van der Waals surface area contributed by atoms with Crippen molar-refractivity contribution in [2.45, 2.75) is 13.8 Å². The van der Waals surface area contributed by atoms with Gasteiger partial charge in [0.15, 0.2) is 0 Å². The molecule has 1 amide bonds. The van der Waals surface area contributed by atoms with Crippen molar-refractivity contribution < 1.29 is 9.59 Å². The van der Waals surface area contributed by atoms with E-state index in [4.69, 9.17) is 0 Å². The second kappa shape index (κ2) is 4.56. The smallest absolute Gasteiger partial charge is 0.235 e. The molecule has 0 aliphatic rings. The first-order chi connectivity index (χ1) is 6.65. The van der Waals surface area contributed by atoms with Gasteiger partial charge in [-0.15, -0.1) is 0 Å². The normalized spacial score (nSPS) is 9.93. The number of nitrogens with one attached hydrogen (secondary N) is 1. The second-order valence-electron chi connectivity index (χ2n) is 3.29. The Hall–Kier alpha value is -1.64. The van der Waals surface area contributed by atoms with E-state index >= 15 is 0 Å². The maximum Gasteiger partial charge on any atom is 0.235 e. The van der Waals surface area contributed by atoms with Gasteiger partial charge in [-0.25, -0.2) is 0 Å². The number of hydrogen-bond donors (Lipinski definition) is 1. The molecule has 1 rings (SSSR count). The van der Waals surface area contributed by atoms with E-state index in [9.17, 15) is 9.59 Å². The summed E-state index contributed by atoms with van der Waals surface area (Å²) in [5, 5.41) is 2.66. The van der Waals surface area contributed by atoms with Crippen molar-refractivity contribution in [3.8, 4) is 0 Å². The average molecular weight is 190 g/mol. The number of hydrogen-bond acceptors (Lipinski definition) is 2. The highest BCUT2D eigenvalue weighted by atomic mass is 16.1. The van der Waals surface area contributed by atoms with E-state index in [0.717, 1.165) is 0 Å². The van der Waals surface area contributed by atoms with Crippen LogP contribution in [-0.2, 0) is 9.59 Å². The fraction of sp³-hybridized carbons (Fsp3) is 0.273. The summed E-state index contributed by atoms with van der Waals surface area (Å²) in [6, 6.07) is 6.78. The van der Waals surface area contributed by atoms with Crippen LogP contribution in [0, 0.1) is 5.92 Å². The van der Waals surface area contributed by atoms with Gasteiger partial charge in [0.2, 0.25) is 12.2 Å². The third-order valence-electron chi connectivity index (χ3n) is 1.82. The number of benzene rings is 1. The van der Waals surface area contributed by atoms with Crippen molar-refractivity contribution in [1.82, 2.24) is 0 Å². The number of para-hydroxylation sites is 1. The number of carbonyl (C=O) groups is 1. The molecule has 0 saturated carbocycles. The van der Waals surface area contributed by atoms with Crippen LogP contribution in [-0.4, -0.2) is 12.2 Å². The average Bonchev–Trinajstić information content (AvgIpc) is 2.18. The Morgan fingerprint density at radius 3 is 2.57 bits per heavy atom. The number of anilines is 1. The first kappa shape index (κ1) is 10.4. The zero-order chi connectivity index (χ0) is 10.6. The van der Waals surface area contributed by atoms with E-state index in [1.807, 2.05) is 0 Å². The predicted molar refractivity (Wildman–Crippen MR) is 54.7 cm³/mol. The number of amides is 1. The fourth-order valence-electron chi connectivity index (χ4n) is 0.958. The molecule has 14 heavy (non-hydrogen) atoms. The molecule has 3 nitrogen and oxygen atoms in total. The Labute approximate surface area is 83.1 Å². The van der Waals surface area contributed by atoms with Gasteiger partial charge in [0.05, 0.1) is 5.69 Å². The van der Waals surface area contributed by atoms with Crippen LogP contribution in [0.5, 0.6) is 0 Å². The van der Waals surface area contributed by atoms with Crippen molar-refractivity contribution in [2.24, 2.45) is 5.92 Å². The largest absolute Gasteiger partial charge is 0.325 e. The molecule has 73 valence electrons. The van der Waals surface area contributed by atoms with Crippen LogP contribution >= 0.6 is 0 Å². The van der Waals surface area contributed by atoms with Gasteiger partial charge in [-0.1, -0.05) is 26.0 Å². The second-order valence-corrected chi connectivity index (χ2v) is 3.29. The van der Waals surface area contributed by atoms with Gasteiger partial charge in [0.25, 0.3) is 0 Å². The molecule has 1 aromatic rings. The van der Waals surface area contributed by atoms with Crippen LogP contribution in [0.2, 0.25) is 0 Å². The van der Waals surface area contributed by atoms with E-state index in [-0.39, 0.29) is 11.8 Å². The minimum Gasteiger partial charge on any atom is -0.325 e. The molecule has 0 fully saturated rings. The molecule has 1 aromatic carbocycles. The lowest BCUT2D eigenvalue weighted by molar-refractivity contribution is -0.118. The molecular formula is C11H12NO2. The molecule has 0 aromatic heterocycles. The van der Waals surface area contributed by atoms with E-state index in [2.05, 4.69) is 5.32 Å². The van der Waals surface area contributed by atoms with Crippen LogP contribution in [0.15, 0.2) is 24.3 Å². The summed E-state index contributed by atoms with van der Waals surface area (Å²) in [6.07, 6.45) is 1.78. The molecule has 0 saturated heterocycles. The standard InChI is InChI=1S/C11H12NO2/c1-8(2)11(14)12-10-6-4-3-5-9(10)7-13/h3-6,8H,1-2H3,(H,12,14). The first-order valence-electron chi connectivity index (χ1n) is 4.43. The van der Waals surface area contributed by atoms with Crippen molar-refractivity contribution in [3.63, 3.8) is 0 Å². The lowest BCUT2D eigenvalue weighted by Crippen LogP contribution is -2.18. The van der Waals surface area contributed by atoms with Gasteiger partial charge in [-0.3, -0.25) is 9.59 Å². The number of carbonyl (C=O) groups excluding carboxylic acids is 2. The van der Waals surface area contributed by atoms with Gasteiger partial charge in [-0.2, -0.15) is 0 Å². The van der Waals surface area contributed by atoms with Crippen molar-refractivity contribution in [3.05, 3.63) is 29.8 Å². The van der Waals surface area contributed by atoms with E-state index in [0.29, 0.717) is 11.3 Å². The van der Waals surface area contributed by atoms with Gasteiger partial charge >= 0.3 is 0 Å². The third kappa shape index (κ3) is 2.42. The molecule has 0 bridgehead atoms. The lowest BCUT2D eigenvalue weighted by Gasteiger charge is -2.08. The van der Waals surface area contributed by atoms with Gasteiger partial charge in [-0.05, 0) is 12.1 Å². The zero-order valence-electron chi connectivity index (χ0n) is 8.20. The summed E-state index contributed by atoms with van der Waals surface area (Å²) in [5.74, 6) is -0.206. The minimum atomic E-state index is -0.104. The summed E-state index contributed by atoms with van der Waals surface area (Å²) in [4.78, 5) is 21.8. The molecule has 0 aliphatic carbocycles. The van der Waals surface area contributed by atoms with Crippen LogP contribution in [0.25, 0.3) is 0 Å². The molecule has 0 spiro atoms. The lowest BCUT2D eigenvalue weighted by atomic mass is 10.1. The Kier molecular flexibility index (Phi) is 3.40. The molecule has 0 aliphatic heterocycles.